The lowest BCUT2D eigenvalue weighted by Crippen LogP contribution is -2.29. The van der Waals surface area contributed by atoms with Gasteiger partial charge in [0.15, 0.2) is 0 Å². The molecule has 0 saturated carbocycles. The third kappa shape index (κ3) is 28.8. The third-order valence-corrected chi connectivity index (χ3v) is 25.0. The number of hydrazine groups is 5. The van der Waals surface area contributed by atoms with E-state index in [4.69, 9.17) is 14.2 Å². The van der Waals surface area contributed by atoms with Crippen LogP contribution in [0.1, 0.15) is 255 Å². The largest absolute Gasteiger partial charge is 0.334 e. The van der Waals surface area contributed by atoms with Crippen LogP contribution in [0, 0.1) is 6.92 Å². The van der Waals surface area contributed by atoms with E-state index in [1.807, 2.05) is 12.1 Å². The number of rotatable bonds is 15. The van der Waals surface area contributed by atoms with Crippen LogP contribution >= 0.6 is 0 Å². The van der Waals surface area contributed by atoms with E-state index in [-0.39, 0.29) is 97.5 Å². The standard InChI is InChI=1S/C31H33N3.C30H38N4O2.C30H31N3.C24H26N2O.B4.B3.B2.B/c1-22-10-20-28(21-11-22)34-29(25-14-12-24(13-15-25)23-8-6-5-7-9-23)32-33-30(34)26-16-18-27(19-17-26)31(2,3)4;1-29(2,3)23-14-10-19(11-15-23)25-31-33-27(35-25)21-8-7-9-22(18-21)28-34-32-26(36-28)20-12-16-24(17-13-20)30(4,5)6;1-30(2,3)26-20-18-25(19-21-26)29-32-31-28(33(29)27-12-8-5-9-13-27)24-16-14-23(15-17-24)22-10-6-4-7-11-22;1-24(2,3)21-15-13-20(14-16-21)23-26-25-22(27-23)19-11-9-18(10-12-19)17-7-5-4-6-8-17;1-4(2)3;1-3-2;1-2;/h5-21,29-30,32-33H,1-4H3;7-18,25-28,31-34H,1-6H3;4-21,28-29,31-32H,1-3H3;4-16,22-23,25-26H,1-3H3;;;;/t29-,30?;25-,26?,27?,28-;28-,29?;22-,23+;;;;/m1111..../s1. The summed E-state index contributed by atoms with van der Waals surface area (Å²) in [5.41, 5.74) is 63.6. The summed E-state index contributed by atoms with van der Waals surface area (Å²) < 4.78 is 18.8. The van der Waals surface area contributed by atoms with Gasteiger partial charge < -0.3 is 24.0 Å². The van der Waals surface area contributed by atoms with E-state index in [2.05, 4.69) is 581 Å². The maximum atomic E-state index is 6.31. The van der Waals surface area contributed by atoms with Gasteiger partial charge in [0, 0.05) is 87.4 Å². The summed E-state index contributed by atoms with van der Waals surface area (Å²) in [6.45, 7) is 35.7. The summed E-state index contributed by atoms with van der Waals surface area (Å²) >= 11 is 0. The molecule has 5 saturated heterocycles. The van der Waals surface area contributed by atoms with Crippen LogP contribution in [0.4, 0.5) is 11.4 Å². The summed E-state index contributed by atoms with van der Waals surface area (Å²) in [5, 5.41) is 0. The van der Waals surface area contributed by atoms with Crippen molar-refractivity contribution in [2.45, 2.75) is 200 Å². The number of nitrogens with zero attached hydrogens (tertiary/aromatic N) is 2. The van der Waals surface area contributed by atoms with Crippen molar-refractivity contribution < 1.29 is 14.2 Å². The third-order valence-electron chi connectivity index (χ3n) is 25.0. The molecule has 10 N–H and O–H groups in total. The molecular weight excluding hydrogens is 1710 g/mol. The van der Waals surface area contributed by atoms with Gasteiger partial charge in [0.05, 0.1) is 0 Å². The van der Waals surface area contributed by atoms with Gasteiger partial charge in [-0.25, -0.2) is 54.3 Å². The topological polar surface area (TPSA) is 154 Å². The number of nitrogens with one attached hydrogen (secondary N) is 10. The first-order valence-corrected chi connectivity index (χ1v) is 47.8. The Morgan fingerprint density at radius 1 is 0.236 bits per heavy atom. The number of ether oxygens (including phenoxy) is 3. The Morgan fingerprint density at radius 3 is 0.650 bits per heavy atom. The first-order chi connectivity index (χ1) is 66.6. The molecule has 5 aliphatic rings. The van der Waals surface area contributed by atoms with Crippen molar-refractivity contribution in [1.82, 2.24) is 54.3 Å². The zero-order valence-electron chi connectivity index (χ0n) is 83.8. The smallest absolute Gasteiger partial charge is 0.149 e. The molecule has 0 bridgehead atoms. The average molecular weight is 1830 g/mol. The van der Waals surface area contributed by atoms with E-state index in [0.29, 0.717) is 0 Å². The number of hydrogen-bond donors (Lipinski definition) is 10. The number of hydrogen-bond acceptors (Lipinski definition) is 15. The van der Waals surface area contributed by atoms with Gasteiger partial charge in [0.1, 0.15) is 62.0 Å². The molecule has 4 unspecified atom stereocenters. The summed E-state index contributed by atoms with van der Waals surface area (Å²) in [4.78, 5) is 4.85. The van der Waals surface area contributed by atoms with Gasteiger partial charge in [-0.2, -0.15) is 0 Å². The zero-order chi connectivity index (χ0) is 99.2. The molecule has 0 spiro atoms. The van der Waals surface area contributed by atoms with Crippen LogP contribution in [0.5, 0.6) is 0 Å². The summed E-state index contributed by atoms with van der Waals surface area (Å²) in [7, 11) is 32.0. The van der Waals surface area contributed by atoms with Crippen LogP contribution in [0.3, 0.4) is 0 Å². The number of benzene rings is 14. The lowest BCUT2D eigenvalue weighted by Gasteiger charge is -2.31. The predicted molar refractivity (Wildman–Crippen MR) is 590 cm³/mol. The molecule has 19 rings (SSSR count). The number of anilines is 2. The molecule has 696 valence electrons. The van der Waals surface area contributed by atoms with E-state index >= 15 is 0 Å². The van der Waals surface area contributed by atoms with Crippen LogP contribution in [-0.4, -0.2) is 76.0 Å². The van der Waals surface area contributed by atoms with Crippen LogP contribution in [0.25, 0.3) is 33.4 Å². The first kappa shape index (κ1) is 108. The second kappa shape index (κ2) is 49.5. The lowest BCUT2D eigenvalue weighted by molar-refractivity contribution is 0.0304. The normalized spacial score (nSPS) is 19.3. The minimum atomic E-state index is -0.667. The van der Waals surface area contributed by atoms with Crippen LogP contribution in [0.15, 0.2) is 364 Å². The summed E-state index contributed by atoms with van der Waals surface area (Å²) in [6, 6.07) is 129. The molecule has 0 amide bonds. The first-order valence-electron chi connectivity index (χ1n) is 47.8. The molecular formula is C115H128B10N12O3. The van der Waals surface area contributed by atoms with Gasteiger partial charge in [-0.15, -0.1) is 0 Å². The highest BCUT2D eigenvalue weighted by atomic mass is 16.6. The van der Waals surface area contributed by atoms with Crippen molar-refractivity contribution in [2.75, 3.05) is 9.80 Å². The van der Waals surface area contributed by atoms with Crippen molar-refractivity contribution in [2.24, 2.45) is 0 Å². The minimum absolute atomic E-state index is 0. The van der Waals surface area contributed by atoms with Gasteiger partial charge in [0.2, 0.25) is 0 Å². The fourth-order valence-corrected chi connectivity index (χ4v) is 17.0. The molecule has 0 aromatic heterocycles. The highest BCUT2D eigenvalue weighted by molar-refractivity contribution is 7.49. The molecule has 18 radical (unpaired) electrons. The fourth-order valence-electron chi connectivity index (χ4n) is 17.0. The molecule has 5 fully saturated rings. The van der Waals surface area contributed by atoms with Crippen molar-refractivity contribution in [3.63, 3.8) is 0 Å². The van der Waals surface area contributed by atoms with Crippen LogP contribution in [0.2, 0.25) is 0 Å². The number of para-hydroxylation sites is 1. The Labute approximate surface area is 846 Å². The van der Waals surface area contributed by atoms with Crippen molar-refractivity contribution in [1.29, 1.82) is 0 Å². The van der Waals surface area contributed by atoms with Crippen LogP contribution < -0.4 is 64.1 Å². The Bertz CT molecular complexity index is 5980. The lowest BCUT2D eigenvalue weighted by atomic mass is 9.08. The average Bonchev–Trinajstić information content (AvgIpc) is 1.62. The molecule has 15 nitrogen and oxygen atoms in total. The zero-order valence-corrected chi connectivity index (χ0v) is 83.8. The van der Waals surface area contributed by atoms with Gasteiger partial charge in [-0.1, -0.05) is 443 Å². The van der Waals surface area contributed by atoms with Crippen molar-refractivity contribution in [3.05, 3.63) is 453 Å². The maximum Gasteiger partial charge on any atom is 0.149 e. The monoisotopic (exact) mass is 1840 g/mol. The fraction of sp³-hybridized carbons (Fsp3) is 0.270. The van der Waals surface area contributed by atoms with Crippen LogP contribution in [-0.2, 0) is 41.3 Å². The maximum absolute atomic E-state index is 6.31. The van der Waals surface area contributed by atoms with Gasteiger partial charge >= 0.3 is 0 Å². The predicted octanol–water partition coefficient (Wildman–Crippen LogP) is 21.8. The second-order valence-corrected chi connectivity index (χ2v) is 40.5. The Kier molecular flexibility index (Phi) is 38.0. The van der Waals surface area contributed by atoms with E-state index in [1.165, 1.54) is 100 Å². The molecule has 0 aliphatic carbocycles. The van der Waals surface area contributed by atoms with E-state index < -0.39 is 6.39 Å². The molecule has 10 atom stereocenters. The minimum Gasteiger partial charge on any atom is -0.334 e. The van der Waals surface area contributed by atoms with E-state index in [9.17, 15) is 0 Å². The molecule has 14 aromatic carbocycles. The summed E-state index contributed by atoms with van der Waals surface area (Å²) in [5.74, 6) is 0. The van der Waals surface area contributed by atoms with Gasteiger partial charge in [0.25, 0.3) is 0 Å². The molecule has 5 aliphatic heterocycles. The second-order valence-electron chi connectivity index (χ2n) is 40.5. The van der Waals surface area contributed by atoms with Crippen molar-refractivity contribution in [3.8, 4) is 33.4 Å². The Morgan fingerprint density at radius 2 is 0.421 bits per heavy atom. The SMILES string of the molecule is CC(C)(C)c1ccc(C2NN[C@@H](c3ccc(-c4ccccc4)cc3)N2c2ccccc2)cc1.CC(C)(C)c1ccc(C2NN[C@@H](c3cccc(C4NN[C@@H](c5ccc(C(C)(C)C)cc5)O4)c3)O2)cc1.CC(C)(C)c1ccc([C@H]2NN[C@@H](c3ccc(-c4ccccc4)cc3)O2)cc1.Cc1ccc(N2C(c3ccc(C(C)(C)C)cc3)NN[C@H]2c2ccc(-c3ccccc3)cc2)cc1.[B].[B]B([B])[B].[B][B].[B][B][B]. The summed E-state index contributed by atoms with van der Waals surface area (Å²) in [6.07, 6.45) is -1.84. The van der Waals surface area contributed by atoms with E-state index in [0.717, 1.165) is 40.4 Å². The molecule has 14 aromatic rings. The molecule has 140 heavy (non-hydrogen) atoms. The van der Waals surface area contributed by atoms with Gasteiger partial charge in [-0.3, -0.25) is 0 Å². The van der Waals surface area contributed by atoms with Gasteiger partial charge in [-0.05, 0) is 181 Å². The quantitative estimate of drug-likeness (QED) is 0.0443. The molecule has 5 heterocycles. The number of aryl methyl sites for hydroxylation is 1. The Balaban J connectivity index is 0.000000162. The highest BCUT2D eigenvalue weighted by Crippen LogP contribution is 2.43. The van der Waals surface area contributed by atoms with E-state index in [1.54, 1.807) is 0 Å². The molecule has 25 heteroatoms. The van der Waals surface area contributed by atoms with Crippen molar-refractivity contribution >= 4 is 87.4 Å². The Hall–Kier alpha value is -11.2. The highest BCUT2D eigenvalue weighted by Gasteiger charge is 2.39.